The van der Waals surface area contributed by atoms with Crippen LogP contribution in [0.5, 0.6) is 5.75 Å². The fourth-order valence-corrected chi connectivity index (χ4v) is 4.97. The number of hydrogen-bond acceptors (Lipinski definition) is 5. The maximum Gasteiger partial charge on any atom is 0.251 e. The van der Waals surface area contributed by atoms with Crippen LogP contribution in [0.2, 0.25) is 0 Å². The second-order valence-electron chi connectivity index (χ2n) is 7.21. The van der Waals surface area contributed by atoms with Gasteiger partial charge < -0.3 is 14.8 Å². The van der Waals surface area contributed by atoms with Crippen molar-refractivity contribution in [1.82, 2.24) is 9.62 Å². The SMILES string of the molecule is CC[C@@H](NC(=O)c1cccc(S(=O)(=O)N2CCOCC2)c1)c1ccc(OC)c(C)c1. The molecule has 1 aliphatic heterocycles. The number of methoxy groups -OCH3 is 1. The summed E-state index contributed by atoms with van der Waals surface area (Å²) < 4.78 is 37.7. The molecule has 0 unspecified atom stereocenters. The van der Waals surface area contributed by atoms with Crippen LogP contribution in [0.4, 0.5) is 0 Å². The van der Waals surface area contributed by atoms with Gasteiger partial charge in [-0.2, -0.15) is 4.31 Å². The van der Waals surface area contributed by atoms with Crippen LogP contribution < -0.4 is 10.1 Å². The van der Waals surface area contributed by atoms with Gasteiger partial charge in [-0.05, 0) is 48.7 Å². The zero-order valence-electron chi connectivity index (χ0n) is 17.6. The fourth-order valence-electron chi connectivity index (χ4n) is 3.51. The lowest BCUT2D eigenvalue weighted by Crippen LogP contribution is -2.40. The normalized spacial score (nSPS) is 16.1. The first kappa shape index (κ1) is 22.3. The topological polar surface area (TPSA) is 84.9 Å². The highest BCUT2D eigenvalue weighted by Gasteiger charge is 2.27. The molecule has 8 heteroatoms. The van der Waals surface area contributed by atoms with Crippen molar-refractivity contribution >= 4 is 15.9 Å². The molecule has 1 heterocycles. The molecule has 7 nitrogen and oxygen atoms in total. The summed E-state index contributed by atoms with van der Waals surface area (Å²) >= 11 is 0. The molecule has 2 aromatic rings. The number of nitrogens with one attached hydrogen (secondary N) is 1. The van der Waals surface area contributed by atoms with Crippen LogP contribution in [0.1, 0.15) is 40.9 Å². The second-order valence-corrected chi connectivity index (χ2v) is 9.15. The predicted octanol–water partition coefficient (Wildman–Crippen LogP) is 2.91. The van der Waals surface area contributed by atoms with Gasteiger partial charge >= 0.3 is 0 Å². The monoisotopic (exact) mass is 432 g/mol. The molecule has 1 atom stereocenters. The Bertz CT molecular complexity index is 1000. The van der Waals surface area contributed by atoms with Gasteiger partial charge in [-0.3, -0.25) is 4.79 Å². The average molecular weight is 433 g/mol. The molecule has 0 aromatic heterocycles. The molecule has 0 bridgehead atoms. The van der Waals surface area contributed by atoms with Crippen LogP contribution in [0.15, 0.2) is 47.4 Å². The number of hydrogen-bond donors (Lipinski definition) is 1. The molecule has 0 spiro atoms. The van der Waals surface area contributed by atoms with E-state index in [1.165, 1.54) is 16.4 Å². The van der Waals surface area contributed by atoms with Gasteiger partial charge in [-0.25, -0.2) is 8.42 Å². The van der Waals surface area contributed by atoms with E-state index in [9.17, 15) is 13.2 Å². The van der Waals surface area contributed by atoms with E-state index in [-0.39, 0.29) is 16.8 Å². The minimum Gasteiger partial charge on any atom is -0.496 e. The molecule has 1 aliphatic rings. The Morgan fingerprint density at radius 1 is 1.20 bits per heavy atom. The van der Waals surface area contributed by atoms with E-state index in [1.807, 2.05) is 32.0 Å². The van der Waals surface area contributed by atoms with Crippen molar-refractivity contribution in [1.29, 1.82) is 0 Å². The Morgan fingerprint density at radius 2 is 1.93 bits per heavy atom. The number of morpholine rings is 1. The largest absolute Gasteiger partial charge is 0.496 e. The molecule has 0 radical (unpaired) electrons. The van der Waals surface area contributed by atoms with E-state index in [1.54, 1.807) is 19.2 Å². The molecule has 1 amide bonds. The summed E-state index contributed by atoms with van der Waals surface area (Å²) in [6, 6.07) is 11.8. The third-order valence-corrected chi connectivity index (χ3v) is 7.13. The Kier molecular flexibility index (Phi) is 7.12. The van der Waals surface area contributed by atoms with E-state index in [0.29, 0.717) is 38.3 Å². The fraction of sp³-hybridized carbons (Fsp3) is 0.409. The van der Waals surface area contributed by atoms with Gasteiger partial charge in [0.2, 0.25) is 10.0 Å². The molecule has 1 saturated heterocycles. The molecular weight excluding hydrogens is 404 g/mol. The number of carbonyl (C=O) groups is 1. The maximum atomic E-state index is 12.9. The van der Waals surface area contributed by atoms with Crippen molar-refractivity contribution < 1.29 is 22.7 Å². The molecule has 0 aliphatic carbocycles. The van der Waals surface area contributed by atoms with Crippen LogP contribution in [0, 0.1) is 6.92 Å². The number of aryl methyl sites for hydroxylation is 1. The minimum absolute atomic E-state index is 0.116. The van der Waals surface area contributed by atoms with Gasteiger partial charge in [0.25, 0.3) is 5.91 Å². The van der Waals surface area contributed by atoms with Gasteiger partial charge in [0.05, 0.1) is 31.3 Å². The van der Waals surface area contributed by atoms with Crippen molar-refractivity contribution in [3.05, 3.63) is 59.2 Å². The number of benzene rings is 2. The van der Waals surface area contributed by atoms with E-state index in [4.69, 9.17) is 9.47 Å². The van der Waals surface area contributed by atoms with E-state index in [0.717, 1.165) is 16.9 Å². The summed E-state index contributed by atoms with van der Waals surface area (Å²) in [5, 5.41) is 3.01. The first-order valence-electron chi connectivity index (χ1n) is 10.00. The summed E-state index contributed by atoms with van der Waals surface area (Å²) in [5.74, 6) is 0.482. The molecule has 3 rings (SSSR count). The summed E-state index contributed by atoms with van der Waals surface area (Å²) in [6.45, 7) is 5.32. The number of carbonyl (C=O) groups excluding carboxylic acids is 1. The van der Waals surface area contributed by atoms with Gasteiger partial charge in [-0.1, -0.05) is 25.1 Å². The lowest BCUT2D eigenvalue weighted by Gasteiger charge is -2.26. The standard InChI is InChI=1S/C22H28N2O5S/c1-4-20(17-8-9-21(28-3)16(2)14-17)23-22(25)18-6-5-7-19(15-18)30(26,27)24-10-12-29-13-11-24/h5-9,14-15,20H,4,10-13H2,1-3H3,(H,23,25)/t20-/m1/s1. The van der Waals surface area contributed by atoms with Crippen LogP contribution >= 0.6 is 0 Å². The number of nitrogens with zero attached hydrogens (tertiary/aromatic N) is 1. The van der Waals surface area contributed by atoms with E-state index < -0.39 is 10.0 Å². The molecule has 2 aromatic carbocycles. The smallest absolute Gasteiger partial charge is 0.251 e. The number of rotatable bonds is 7. The molecule has 0 saturated carbocycles. The molecule has 1 fully saturated rings. The quantitative estimate of drug-likeness (QED) is 0.727. The zero-order chi connectivity index (χ0) is 21.7. The van der Waals surface area contributed by atoms with Gasteiger partial charge in [0.1, 0.15) is 5.75 Å². The number of ether oxygens (including phenoxy) is 2. The highest BCUT2D eigenvalue weighted by Crippen LogP contribution is 2.25. The summed E-state index contributed by atoms with van der Waals surface area (Å²) in [7, 11) is -2.03. The van der Waals surface area contributed by atoms with Gasteiger partial charge in [0, 0.05) is 18.7 Å². The Labute approximate surface area is 178 Å². The van der Waals surface area contributed by atoms with Crippen molar-refractivity contribution in [3.63, 3.8) is 0 Å². The Morgan fingerprint density at radius 3 is 2.57 bits per heavy atom. The van der Waals surface area contributed by atoms with E-state index in [2.05, 4.69) is 5.32 Å². The average Bonchev–Trinajstić information content (AvgIpc) is 2.78. The maximum absolute atomic E-state index is 12.9. The summed E-state index contributed by atoms with van der Waals surface area (Å²) in [5.41, 5.74) is 2.27. The van der Waals surface area contributed by atoms with Crippen molar-refractivity contribution in [3.8, 4) is 5.75 Å². The predicted molar refractivity (Wildman–Crippen MR) is 114 cm³/mol. The van der Waals surface area contributed by atoms with Gasteiger partial charge in [-0.15, -0.1) is 0 Å². The van der Waals surface area contributed by atoms with Crippen LogP contribution in [-0.4, -0.2) is 52.0 Å². The van der Waals surface area contributed by atoms with Crippen molar-refractivity contribution in [2.24, 2.45) is 0 Å². The summed E-state index contributed by atoms with van der Waals surface area (Å²) in [4.78, 5) is 13.0. The van der Waals surface area contributed by atoms with Crippen LogP contribution in [0.3, 0.4) is 0 Å². The number of amides is 1. The third kappa shape index (κ3) is 4.83. The lowest BCUT2D eigenvalue weighted by atomic mass is 10.0. The van der Waals surface area contributed by atoms with E-state index >= 15 is 0 Å². The first-order chi connectivity index (χ1) is 14.4. The zero-order valence-corrected chi connectivity index (χ0v) is 18.4. The summed E-state index contributed by atoms with van der Waals surface area (Å²) in [6.07, 6.45) is 0.698. The molecule has 1 N–H and O–H groups in total. The van der Waals surface area contributed by atoms with Gasteiger partial charge in [0.15, 0.2) is 0 Å². The highest BCUT2D eigenvalue weighted by atomic mass is 32.2. The van der Waals surface area contributed by atoms with Crippen LogP contribution in [0.25, 0.3) is 0 Å². The lowest BCUT2D eigenvalue weighted by molar-refractivity contribution is 0.0730. The minimum atomic E-state index is -3.66. The van der Waals surface area contributed by atoms with Crippen LogP contribution in [-0.2, 0) is 14.8 Å². The Hall–Kier alpha value is -2.42. The molecule has 30 heavy (non-hydrogen) atoms. The first-order valence-corrected chi connectivity index (χ1v) is 11.4. The molecular formula is C22H28N2O5S. The third-order valence-electron chi connectivity index (χ3n) is 5.24. The second kappa shape index (κ2) is 9.59. The molecule has 162 valence electrons. The van der Waals surface area contributed by atoms with Crippen molar-refractivity contribution in [2.45, 2.75) is 31.2 Å². The van der Waals surface area contributed by atoms with Crippen molar-refractivity contribution in [2.75, 3.05) is 33.4 Å². The highest BCUT2D eigenvalue weighted by molar-refractivity contribution is 7.89. The Balaban J connectivity index is 1.79. The number of sulfonamides is 1.